The molecule has 7 nitrogen and oxygen atoms in total. The van der Waals surface area contributed by atoms with E-state index in [2.05, 4.69) is 27.4 Å². The quantitative estimate of drug-likeness (QED) is 0.317. The van der Waals surface area contributed by atoms with E-state index in [-0.39, 0.29) is 5.75 Å². The maximum atomic E-state index is 12.2. The van der Waals surface area contributed by atoms with E-state index in [4.69, 9.17) is 0 Å². The molecule has 0 bridgehead atoms. The first-order valence-corrected chi connectivity index (χ1v) is 11.8. The molecule has 0 atom stereocenters. The van der Waals surface area contributed by atoms with Crippen LogP contribution in [0.4, 0.5) is 0 Å². The van der Waals surface area contributed by atoms with Gasteiger partial charge in [0, 0.05) is 32.7 Å². The lowest BCUT2D eigenvalue weighted by Crippen LogP contribution is -2.42. The first kappa shape index (κ1) is 23.2. The second kappa shape index (κ2) is 12.5. The van der Waals surface area contributed by atoms with Crippen molar-refractivity contribution in [2.24, 2.45) is 10.9 Å². The summed E-state index contributed by atoms with van der Waals surface area (Å²) in [6.45, 7) is 14.5. The zero-order valence-electron chi connectivity index (χ0n) is 17.1. The van der Waals surface area contributed by atoms with Gasteiger partial charge in [-0.2, -0.15) is 0 Å². The number of sulfonamides is 1. The van der Waals surface area contributed by atoms with Crippen molar-refractivity contribution in [2.75, 3.05) is 58.1 Å². The topological polar surface area (TPSA) is 77.0 Å². The van der Waals surface area contributed by atoms with Crippen molar-refractivity contribution in [1.29, 1.82) is 0 Å². The monoisotopic (exact) mass is 389 g/mol. The minimum atomic E-state index is -3.20. The average Bonchev–Trinajstić information content (AvgIpc) is 2.60. The number of aliphatic imine (C=N–C) groups is 1. The number of rotatable bonds is 11. The Kier molecular flexibility index (Phi) is 11.2. The number of nitrogens with one attached hydrogen (secondary N) is 2. The molecule has 0 aromatic heterocycles. The van der Waals surface area contributed by atoms with Crippen LogP contribution in [0.1, 0.15) is 47.0 Å². The van der Waals surface area contributed by atoms with E-state index in [1.165, 1.54) is 30.2 Å². The molecule has 154 valence electrons. The van der Waals surface area contributed by atoms with Crippen LogP contribution >= 0.6 is 0 Å². The van der Waals surface area contributed by atoms with Crippen LogP contribution in [0.15, 0.2) is 4.99 Å². The predicted molar refractivity (Wildman–Crippen MR) is 110 cm³/mol. The molecular weight excluding hydrogens is 350 g/mol. The summed E-state index contributed by atoms with van der Waals surface area (Å²) in [7, 11) is -3.20. The lowest BCUT2D eigenvalue weighted by Gasteiger charge is -2.29. The summed E-state index contributed by atoms with van der Waals surface area (Å²) in [5.41, 5.74) is 0. The maximum absolute atomic E-state index is 12.2. The fourth-order valence-electron chi connectivity index (χ4n) is 3.16. The van der Waals surface area contributed by atoms with Crippen LogP contribution in [-0.2, 0) is 10.0 Å². The molecule has 0 aliphatic carbocycles. The SMILES string of the molecule is CCNC(=NCCCN1CCC(C)CC1)NCCS(=O)(=O)N(CC)CC. The van der Waals surface area contributed by atoms with Gasteiger partial charge in [-0.25, -0.2) is 12.7 Å². The molecule has 2 N–H and O–H groups in total. The summed E-state index contributed by atoms with van der Waals surface area (Å²) in [6.07, 6.45) is 3.63. The van der Waals surface area contributed by atoms with Crippen LogP contribution in [0.2, 0.25) is 0 Å². The van der Waals surface area contributed by atoms with Gasteiger partial charge in [-0.15, -0.1) is 0 Å². The minimum Gasteiger partial charge on any atom is -0.357 e. The van der Waals surface area contributed by atoms with Crippen molar-refractivity contribution in [3.05, 3.63) is 0 Å². The second-order valence-corrected chi connectivity index (χ2v) is 9.05. The standard InChI is InChI=1S/C18H39N5O2S/c1-5-19-18(21-12-16-26(24,25)23(6-2)7-3)20-11-8-13-22-14-9-17(4)10-15-22/h17H,5-16H2,1-4H3,(H2,19,20,21). The molecule has 0 amide bonds. The Morgan fingerprint density at radius 3 is 2.38 bits per heavy atom. The van der Waals surface area contributed by atoms with E-state index in [1.807, 2.05) is 20.8 Å². The third kappa shape index (κ3) is 8.68. The highest BCUT2D eigenvalue weighted by Crippen LogP contribution is 2.15. The average molecular weight is 390 g/mol. The molecule has 1 rings (SSSR count). The molecule has 26 heavy (non-hydrogen) atoms. The van der Waals surface area contributed by atoms with E-state index < -0.39 is 10.0 Å². The first-order chi connectivity index (χ1) is 12.4. The number of guanidine groups is 1. The van der Waals surface area contributed by atoms with Crippen molar-refractivity contribution < 1.29 is 8.42 Å². The highest BCUT2D eigenvalue weighted by Gasteiger charge is 2.18. The van der Waals surface area contributed by atoms with Crippen LogP contribution < -0.4 is 10.6 Å². The summed E-state index contributed by atoms with van der Waals surface area (Å²) in [5, 5.41) is 6.33. The van der Waals surface area contributed by atoms with Gasteiger partial charge in [0.1, 0.15) is 0 Å². The number of piperidine rings is 1. The molecular formula is C18H39N5O2S. The third-order valence-corrected chi connectivity index (χ3v) is 6.90. The van der Waals surface area contributed by atoms with E-state index >= 15 is 0 Å². The minimum absolute atomic E-state index is 0.0883. The molecule has 0 radical (unpaired) electrons. The third-order valence-electron chi connectivity index (χ3n) is 4.87. The Balaban J connectivity index is 2.34. The van der Waals surface area contributed by atoms with Crippen molar-refractivity contribution in [2.45, 2.75) is 47.0 Å². The summed E-state index contributed by atoms with van der Waals surface area (Å²) in [6, 6.07) is 0. The van der Waals surface area contributed by atoms with E-state index in [0.29, 0.717) is 25.6 Å². The smallest absolute Gasteiger partial charge is 0.215 e. The Morgan fingerprint density at radius 1 is 1.15 bits per heavy atom. The predicted octanol–water partition coefficient (Wildman–Crippen LogP) is 1.34. The number of hydrogen-bond donors (Lipinski definition) is 2. The molecule has 1 aliphatic rings. The number of hydrogen-bond acceptors (Lipinski definition) is 4. The molecule has 0 aromatic carbocycles. The van der Waals surface area contributed by atoms with Crippen molar-refractivity contribution in [3.63, 3.8) is 0 Å². The molecule has 0 saturated carbocycles. The zero-order chi connectivity index (χ0) is 19.4. The van der Waals surface area contributed by atoms with Crippen LogP contribution in [0.5, 0.6) is 0 Å². The molecule has 1 fully saturated rings. The van der Waals surface area contributed by atoms with E-state index in [9.17, 15) is 8.42 Å². The molecule has 1 saturated heterocycles. The summed E-state index contributed by atoms with van der Waals surface area (Å²) < 4.78 is 25.9. The largest absolute Gasteiger partial charge is 0.357 e. The van der Waals surface area contributed by atoms with Gasteiger partial charge in [0.05, 0.1) is 5.75 Å². The first-order valence-electron chi connectivity index (χ1n) is 10.1. The number of nitrogens with zero attached hydrogens (tertiary/aromatic N) is 3. The fourth-order valence-corrected chi connectivity index (χ4v) is 4.56. The Morgan fingerprint density at radius 2 is 1.81 bits per heavy atom. The molecule has 8 heteroatoms. The lowest BCUT2D eigenvalue weighted by molar-refractivity contribution is 0.192. The summed E-state index contributed by atoms with van der Waals surface area (Å²) in [4.78, 5) is 7.10. The van der Waals surface area contributed by atoms with Gasteiger partial charge in [0.15, 0.2) is 5.96 Å². The zero-order valence-corrected chi connectivity index (χ0v) is 17.9. The van der Waals surface area contributed by atoms with Crippen molar-refractivity contribution in [1.82, 2.24) is 19.8 Å². The lowest BCUT2D eigenvalue weighted by atomic mass is 9.99. The highest BCUT2D eigenvalue weighted by atomic mass is 32.2. The van der Waals surface area contributed by atoms with Gasteiger partial charge in [0.2, 0.25) is 10.0 Å². The van der Waals surface area contributed by atoms with Crippen LogP contribution in [-0.4, -0.2) is 81.7 Å². The molecule has 0 spiro atoms. The van der Waals surface area contributed by atoms with Gasteiger partial charge in [-0.05, 0) is 51.7 Å². The molecule has 0 aromatic rings. The van der Waals surface area contributed by atoms with Gasteiger partial charge in [0.25, 0.3) is 0 Å². The van der Waals surface area contributed by atoms with Gasteiger partial charge in [-0.3, -0.25) is 4.99 Å². The van der Waals surface area contributed by atoms with E-state index in [0.717, 1.165) is 32.0 Å². The maximum Gasteiger partial charge on any atom is 0.215 e. The van der Waals surface area contributed by atoms with Crippen LogP contribution in [0, 0.1) is 5.92 Å². The van der Waals surface area contributed by atoms with Gasteiger partial charge in [-0.1, -0.05) is 20.8 Å². The van der Waals surface area contributed by atoms with Crippen LogP contribution in [0.3, 0.4) is 0 Å². The van der Waals surface area contributed by atoms with Gasteiger partial charge >= 0.3 is 0 Å². The molecule has 1 heterocycles. The second-order valence-electron chi connectivity index (χ2n) is 6.97. The Labute approximate surface area is 160 Å². The van der Waals surface area contributed by atoms with Crippen molar-refractivity contribution in [3.8, 4) is 0 Å². The summed E-state index contributed by atoms with van der Waals surface area (Å²) in [5.74, 6) is 1.65. The Bertz CT molecular complexity index is 498. The molecule has 0 unspecified atom stereocenters. The van der Waals surface area contributed by atoms with Crippen molar-refractivity contribution >= 4 is 16.0 Å². The fraction of sp³-hybridized carbons (Fsp3) is 0.944. The normalized spacial score (nSPS) is 17.7. The summed E-state index contributed by atoms with van der Waals surface area (Å²) >= 11 is 0. The van der Waals surface area contributed by atoms with Crippen LogP contribution in [0.25, 0.3) is 0 Å². The molecule has 1 aliphatic heterocycles. The Hall–Kier alpha value is -0.860. The number of likely N-dealkylation sites (tertiary alicyclic amines) is 1. The van der Waals surface area contributed by atoms with Gasteiger partial charge < -0.3 is 15.5 Å². The van der Waals surface area contributed by atoms with E-state index in [1.54, 1.807) is 0 Å². The highest BCUT2D eigenvalue weighted by molar-refractivity contribution is 7.89.